The molecule has 0 aliphatic heterocycles. The van der Waals surface area contributed by atoms with E-state index in [1.54, 1.807) is 16.4 Å². The second kappa shape index (κ2) is 6.59. The van der Waals surface area contributed by atoms with Crippen LogP contribution in [0.4, 0.5) is 0 Å². The summed E-state index contributed by atoms with van der Waals surface area (Å²) < 4.78 is 2.80. The number of aryl methyl sites for hydroxylation is 2. The molecule has 0 bridgehead atoms. The molecule has 0 atom stereocenters. The van der Waals surface area contributed by atoms with Crippen LogP contribution in [0.25, 0.3) is 0 Å². The van der Waals surface area contributed by atoms with Gasteiger partial charge in [-0.05, 0) is 27.6 Å². The van der Waals surface area contributed by atoms with Crippen molar-refractivity contribution >= 4 is 33.5 Å². The fraction of sp³-hybridized carbons (Fsp3) is 0.667. The maximum Gasteiger partial charge on any atom is 0.148 e. The van der Waals surface area contributed by atoms with E-state index in [-0.39, 0.29) is 5.78 Å². The van der Waals surface area contributed by atoms with Crippen LogP contribution in [0.15, 0.2) is 4.47 Å². The van der Waals surface area contributed by atoms with Crippen molar-refractivity contribution in [1.29, 1.82) is 0 Å². The highest BCUT2D eigenvalue weighted by Gasteiger charge is 2.15. The van der Waals surface area contributed by atoms with Crippen LogP contribution in [0.5, 0.6) is 0 Å². The van der Waals surface area contributed by atoms with Gasteiger partial charge in [-0.25, -0.2) is 0 Å². The van der Waals surface area contributed by atoms with Gasteiger partial charge in [-0.2, -0.15) is 16.9 Å². The van der Waals surface area contributed by atoms with Crippen LogP contribution < -0.4 is 0 Å². The van der Waals surface area contributed by atoms with E-state index >= 15 is 0 Å². The van der Waals surface area contributed by atoms with Gasteiger partial charge in [-0.15, -0.1) is 0 Å². The molecule has 17 heavy (non-hydrogen) atoms. The highest BCUT2D eigenvalue weighted by Crippen LogP contribution is 2.22. The zero-order valence-corrected chi connectivity index (χ0v) is 13.2. The van der Waals surface area contributed by atoms with Gasteiger partial charge >= 0.3 is 0 Å². The molecule has 3 nitrogen and oxygen atoms in total. The maximum atomic E-state index is 11.8. The average molecular weight is 319 g/mol. The summed E-state index contributed by atoms with van der Waals surface area (Å²) in [6, 6.07) is 0. The number of carbonyl (C=O) groups excluding carboxylic acids is 1. The van der Waals surface area contributed by atoms with E-state index < -0.39 is 0 Å². The van der Waals surface area contributed by atoms with Crippen molar-refractivity contribution in [3.05, 3.63) is 15.9 Å². The van der Waals surface area contributed by atoms with Gasteiger partial charge in [0, 0.05) is 7.05 Å². The highest BCUT2D eigenvalue weighted by atomic mass is 79.9. The van der Waals surface area contributed by atoms with Gasteiger partial charge in [0.15, 0.2) is 0 Å². The zero-order valence-electron chi connectivity index (χ0n) is 10.8. The molecule has 0 N–H and O–H groups in total. The minimum atomic E-state index is 0.259. The second-order valence-electron chi connectivity index (χ2n) is 4.26. The fourth-order valence-electron chi connectivity index (χ4n) is 1.51. The van der Waals surface area contributed by atoms with Crippen molar-refractivity contribution in [3.8, 4) is 0 Å². The molecular weight excluding hydrogens is 300 g/mol. The summed E-state index contributed by atoms with van der Waals surface area (Å²) in [5.41, 5.74) is 2.00. The summed E-state index contributed by atoms with van der Waals surface area (Å²) in [6.07, 6.45) is 1.34. The molecule has 0 amide bonds. The molecule has 0 saturated carbocycles. The molecule has 5 heteroatoms. The Bertz CT molecular complexity index is 401. The summed E-state index contributed by atoms with van der Waals surface area (Å²) in [5.74, 6) is 0.839. The van der Waals surface area contributed by atoms with E-state index in [0.29, 0.717) is 17.4 Å². The average Bonchev–Trinajstić information content (AvgIpc) is 2.53. The van der Waals surface area contributed by atoms with E-state index in [9.17, 15) is 4.79 Å². The molecule has 96 valence electrons. The topological polar surface area (TPSA) is 34.9 Å². The number of carbonyl (C=O) groups is 1. The Morgan fingerprint density at radius 1 is 1.53 bits per heavy atom. The first-order valence-corrected chi connectivity index (χ1v) is 7.63. The zero-order chi connectivity index (χ0) is 13.0. The van der Waals surface area contributed by atoms with Gasteiger partial charge in [-0.3, -0.25) is 9.48 Å². The monoisotopic (exact) mass is 318 g/mol. The molecule has 0 fully saturated rings. The molecule has 0 radical (unpaired) electrons. The third-order valence-electron chi connectivity index (χ3n) is 2.45. The number of rotatable bonds is 6. The lowest BCUT2D eigenvalue weighted by Gasteiger charge is -2.05. The number of nitrogens with zero attached hydrogens (tertiary/aromatic N) is 2. The summed E-state index contributed by atoms with van der Waals surface area (Å²) in [6.45, 7) is 6.27. The number of halogens is 1. The van der Waals surface area contributed by atoms with Gasteiger partial charge in [0.1, 0.15) is 5.78 Å². The minimum Gasteiger partial charge on any atom is -0.298 e. The number of Topliss-reactive ketones (excluding diaryl/α,β-unsaturated/α-hetero) is 1. The van der Waals surface area contributed by atoms with Crippen LogP contribution in [0.3, 0.4) is 0 Å². The molecular formula is C12H19BrN2OS. The summed E-state index contributed by atoms with van der Waals surface area (Å²) in [4.78, 5) is 11.8. The Balaban J connectivity index is 2.68. The van der Waals surface area contributed by atoms with Crippen LogP contribution in [0, 0.1) is 0 Å². The molecule has 0 aromatic carbocycles. The Hall–Kier alpha value is -0.290. The van der Waals surface area contributed by atoms with Gasteiger partial charge in [-0.1, -0.05) is 20.8 Å². The Morgan fingerprint density at radius 3 is 2.65 bits per heavy atom. The highest BCUT2D eigenvalue weighted by molar-refractivity contribution is 9.10. The Kier molecular flexibility index (Phi) is 5.73. The standard InChI is InChI=1S/C12H19BrN2OS/c1-5-10-12(13)11(15(4)14-10)6-9(16)7-17-8(2)3/h8H,5-7H2,1-4H3. The minimum absolute atomic E-state index is 0.259. The molecule has 1 aromatic heterocycles. The summed E-state index contributed by atoms with van der Waals surface area (Å²) >= 11 is 5.22. The Labute approximate surface area is 115 Å². The number of aromatic nitrogens is 2. The number of hydrogen-bond donors (Lipinski definition) is 0. The first-order valence-electron chi connectivity index (χ1n) is 5.79. The third kappa shape index (κ3) is 4.14. The first-order chi connectivity index (χ1) is 7.95. The van der Waals surface area contributed by atoms with Crippen molar-refractivity contribution < 1.29 is 4.79 Å². The molecule has 0 unspecified atom stereocenters. The van der Waals surface area contributed by atoms with Gasteiger partial charge < -0.3 is 0 Å². The molecule has 1 aromatic rings. The predicted molar refractivity (Wildman–Crippen MR) is 76.6 cm³/mol. The van der Waals surface area contributed by atoms with Gasteiger partial charge in [0.05, 0.1) is 28.0 Å². The lowest BCUT2D eigenvalue weighted by atomic mass is 10.2. The lowest BCUT2D eigenvalue weighted by Crippen LogP contribution is -2.11. The maximum absolute atomic E-state index is 11.8. The van der Waals surface area contributed by atoms with Crippen molar-refractivity contribution in [2.24, 2.45) is 7.05 Å². The van der Waals surface area contributed by atoms with Crippen molar-refractivity contribution in [3.63, 3.8) is 0 Å². The van der Waals surface area contributed by atoms with E-state index in [2.05, 4.69) is 41.8 Å². The Morgan fingerprint density at radius 2 is 2.18 bits per heavy atom. The summed E-state index contributed by atoms with van der Waals surface area (Å²) in [5, 5.41) is 4.89. The van der Waals surface area contributed by atoms with E-state index in [1.165, 1.54) is 0 Å². The number of hydrogen-bond acceptors (Lipinski definition) is 3. The van der Waals surface area contributed by atoms with Crippen LogP contribution in [0.2, 0.25) is 0 Å². The van der Waals surface area contributed by atoms with Gasteiger partial charge in [0.25, 0.3) is 0 Å². The number of thioether (sulfide) groups is 1. The van der Waals surface area contributed by atoms with Crippen LogP contribution >= 0.6 is 27.7 Å². The second-order valence-corrected chi connectivity index (χ2v) is 6.62. The molecule has 0 spiro atoms. The third-order valence-corrected chi connectivity index (χ3v) is 4.52. The summed E-state index contributed by atoms with van der Waals surface area (Å²) in [7, 11) is 1.89. The normalized spacial score (nSPS) is 11.2. The molecule has 1 rings (SSSR count). The quantitative estimate of drug-likeness (QED) is 0.808. The number of ketones is 1. The lowest BCUT2D eigenvalue weighted by molar-refractivity contribution is -0.116. The molecule has 0 aliphatic carbocycles. The fourth-order valence-corrected chi connectivity index (χ4v) is 2.89. The van der Waals surface area contributed by atoms with Crippen LogP contribution in [0.1, 0.15) is 32.2 Å². The van der Waals surface area contributed by atoms with Crippen molar-refractivity contribution in [2.45, 2.75) is 38.9 Å². The van der Waals surface area contributed by atoms with Crippen LogP contribution in [-0.4, -0.2) is 26.6 Å². The molecule has 1 heterocycles. The largest absolute Gasteiger partial charge is 0.298 e. The van der Waals surface area contributed by atoms with Crippen LogP contribution in [-0.2, 0) is 24.7 Å². The predicted octanol–water partition coefficient (Wildman–Crippen LogP) is 3.00. The van der Waals surface area contributed by atoms with E-state index in [4.69, 9.17) is 0 Å². The van der Waals surface area contributed by atoms with Crippen molar-refractivity contribution in [1.82, 2.24) is 9.78 Å². The van der Waals surface area contributed by atoms with E-state index in [0.717, 1.165) is 22.3 Å². The van der Waals surface area contributed by atoms with E-state index in [1.807, 2.05) is 7.05 Å². The molecule has 0 aliphatic rings. The van der Waals surface area contributed by atoms with Gasteiger partial charge in [0.2, 0.25) is 0 Å². The first kappa shape index (κ1) is 14.8. The smallest absolute Gasteiger partial charge is 0.148 e. The SMILES string of the molecule is CCc1nn(C)c(CC(=O)CSC(C)C)c1Br. The molecule has 0 saturated heterocycles. The van der Waals surface area contributed by atoms with Crippen molar-refractivity contribution in [2.75, 3.05) is 5.75 Å².